The molecule has 1 aliphatic carbocycles. The van der Waals surface area contributed by atoms with Crippen LogP contribution in [0.1, 0.15) is 33.7 Å². The molecule has 0 spiro atoms. The fraction of sp³-hybridized carbons (Fsp3) is 0.273. The molecule has 1 N–H and O–H groups in total. The zero-order chi connectivity index (χ0) is 20.5. The number of ether oxygens (including phenoxy) is 2. The highest BCUT2D eigenvalue weighted by Gasteiger charge is 2.27. The second-order valence-electron chi connectivity index (χ2n) is 6.99. The molecule has 3 aromatic rings. The molecule has 150 valence electrons. The lowest BCUT2D eigenvalue weighted by Gasteiger charge is -2.13. The average Bonchev–Trinajstić information content (AvgIpc) is 3.32. The molecule has 0 aliphatic heterocycles. The Morgan fingerprint density at radius 3 is 2.48 bits per heavy atom. The molecule has 4 rings (SSSR count). The van der Waals surface area contributed by atoms with Crippen molar-refractivity contribution in [3.05, 3.63) is 64.7 Å². The van der Waals surface area contributed by atoms with E-state index in [1.54, 1.807) is 37.1 Å². The maximum atomic E-state index is 13.3. The Hall–Kier alpha value is -3.35. The molecular formula is C22H22FN3O3. The Bertz CT molecular complexity index is 1070. The zero-order valence-corrected chi connectivity index (χ0v) is 16.6. The van der Waals surface area contributed by atoms with E-state index < -0.39 is 0 Å². The summed E-state index contributed by atoms with van der Waals surface area (Å²) < 4.78 is 25.7. The molecule has 0 unspecified atom stereocenters. The third-order valence-corrected chi connectivity index (χ3v) is 5.20. The van der Waals surface area contributed by atoms with Gasteiger partial charge in [-0.15, -0.1) is 0 Å². The molecule has 0 saturated heterocycles. The predicted octanol–water partition coefficient (Wildman–Crippen LogP) is 4.08. The van der Waals surface area contributed by atoms with Gasteiger partial charge in [-0.3, -0.25) is 4.79 Å². The lowest BCUT2D eigenvalue weighted by atomic mass is 10.1. The third kappa shape index (κ3) is 3.44. The van der Waals surface area contributed by atoms with Gasteiger partial charge in [0.05, 0.1) is 19.9 Å². The Morgan fingerprint density at radius 2 is 1.79 bits per heavy atom. The lowest BCUT2D eigenvalue weighted by molar-refractivity contribution is 0.102. The van der Waals surface area contributed by atoms with Crippen LogP contribution in [0.15, 0.2) is 36.4 Å². The van der Waals surface area contributed by atoms with E-state index in [1.807, 2.05) is 13.0 Å². The van der Waals surface area contributed by atoms with E-state index in [2.05, 4.69) is 10.4 Å². The van der Waals surface area contributed by atoms with E-state index in [0.717, 1.165) is 41.8 Å². The Morgan fingerprint density at radius 1 is 1.10 bits per heavy atom. The number of hydrogen-bond donors (Lipinski definition) is 1. The molecule has 6 nitrogen and oxygen atoms in total. The highest BCUT2D eigenvalue weighted by Crippen LogP contribution is 2.34. The van der Waals surface area contributed by atoms with Gasteiger partial charge in [0.25, 0.3) is 5.91 Å². The summed E-state index contributed by atoms with van der Waals surface area (Å²) >= 11 is 0. The number of nitrogens with zero attached hydrogens (tertiary/aromatic N) is 2. The Labute approximate surface area is 168 Å². The Kier molecular flexibility index (Phi) is 4.96. The van der Waals surface area contributed by atoms with E-state index in [1.165, 1.54) is 12.1 Å². The number of anilines is 1. The van der Waals surface area contributed by atoms with Crippen molar-refractivity contribution in [1.82, 2.24) is 9.78 Å². The molecule has 0 fully saturated rings. The second kappa shape index (κ2) is 7.58. The van der Waals surface area contributed by atoms with Crippen molar-refractivity contribution in [2.45, 2.75) is 26.2 Å². The molecular weight excluding hydrogens is 373 g/mol. The normalized spacial score (nSPS) is 12.6. The number of rotatable bonds is 5. The van der Waals surface area contributed by atoms with Gasteiger partial charge in [0.2, 0.25) is 0 Å². The summed E-state index contributed by atoms with van der Waals surface area (Å²) in [5, 5.41) is 7.51. The smallest absolute Gasteiger partial charge is 0.276 e. The average molecular weight is 395 g/mol. The summed E-state index contributed by atoms with van der Waals surface area (Å²) in [6, 6.07) is 9.68. The van der Waals surface area contributed by atoms with Crippen LogP contribution in [0.3, 0.4) is 0 Å². The molecule has 0 atom stereocenters. The highest BCUT2D eigenvalue weighted by molar-refractivity contribution is 6.04. The summed E-state index contributed by atoms with van der Waals surface area (Å²) in [4.78, 5) is 13.1. The first-order valence-electron chi connectivity index (χ1n) is 9.42. The van der Waals surface area contributed by atoms with Gasteiger partial charge >= 0.3 is 0 Å². The standard InChI is InChI=1S/C22H22FN3O3/c1-13-11-19(28-2)20(29-3)12-17(13)24-22(27)21-16-5-4-6-18(16)26(25-21)15-9-7-14(23)8-10-15/h7-12H,4-6H2,1-3H3,(H,24,27). The van der Waals surface area contributed by atoms with E-state index in [0.29, 0.717) is 22.9 Å². The number of aryl methyl sites for hydroxylation is 1. The van der Waals surface area contributed by atoms with Crippen molar-refractivity contribution < 1.29 is 18.7 Å². The number of aromatic nitrogens is 2. The number of benzene rings is 2. The van der Waals surface area contributed by atoms with Crippen LogP contribution < -0.4 is 14.8 Å². The van der Waals surface area contributed by atoms with E-state index in [-0.39, 0.29) is 11.7 Å². The molecule has 1 aliphatic rings. The van der Waals surface area contributed by atoms with E-state index >= 15 is 0 Å². The maximum Gasteiger partial charge on any atom is 0.276 e. The zero-order valence-electron chi connectivity index (χ0n) is 16.6. The van der Waals surface area contributed by atoms with Crippen LogP contribution >= 0.6 is 0 Å². The number of fused-ring (bicyclic) bond motifs is 1. The summed E-state index contributed by atoms with van der Waals surface area (Å²) in [5.41, 5.74) is 4.58. The molecule has 29 heavy (non-hydrogen) atoms. The molecule has 7 heteroatoms. The SMILES string of the molecule is COc1cc(C)c(NC(=O)c2nn(-c3ccc(F)cc3)c3c2CCC3)cc1OC. The van der Waals surface area contributed by atoms with Gasteiger partial charge in [-0.1, -0.05) is 0 Å². The summed E-state index contributed by atoms with van der Waals surface area (Å²) in [6.07, 6.45) is 2.59. The van der Waals surface area contributed by atoms with Crippen molar-refractivity contribution in [1.29, 1.82) is 0 Å². The highest BCUT2D eigenvalue weighted by atomic mass is 19.1. The van der Waals surface area contributed by atoms with Crippen LogP contribution in [0.5, 0.6) is 11.5 Å². The number of amides is 1. The van der Waals surface area contributed by atoms with Gasteiger partial charge in [0, 0.05) is 23.0 Å². The number of nitrogens with one attached hydrogen (secondary N) is 1. The molecule has 0 radical (unpaired) electrons. The van der Waals surface area contributed by atoms with Gasteiger partial charge in [0.15, 0.2) is 17.2 Å². The minimum absolute atomic E-state index is 0.278. The molecule has 1 heterocycles. The van der Waals surface area contributed by atoms with Crippen LogP contribution in [0.2, 0.25) is 0 Å². The summed E-state index contributed by atoms with van der Waals surface area (Å²) in [6.45, 7) is 1.89. The molecule has 0 saturated carbocycles. The largest absolute Gasteiger partial charge is 0.493 e. The van der Waals surface area contributed by atoms with Gasteiger partial charge in [-0.05, 0) is 62.1 Å². The van der Waals surface area contributed by atoms with E-state index in [9.17, 15) is 9.18 Å². The van der Waals surface area contributed by atoms with Gasteiger partial charge in [-0.2, -0.15) is 5.10 Å². The number of hydrogen-bond acceptors (Lipinski definition) is 4. The van der Waals surface area contributed by atoms with Crippen molar-refractivity contribution >= 4 is 11.6 Å². The first-order valence-corrected chi connectivity index (χ1v) is 9.42. The first-order chi connectivity index (χ1) is 14.0. The number of carbonyl (C=O) groups excluding carboxylic acids is 1. The van der Waals surface area contributed by atoms with Crippen LogP contribution in [0, 0.1) is 12.7 Å². The van der Waals surface area contributed by atoms with Crippen molar-refractivity contribution in [2.24, 2.45) is 0 Å². The fourth-order valence-electron chi connectivity index (χ4n) is 3.71. The number of methoxy groups -OCH3 is 2. The third-order valence-electron chi connectivity index (χ3n) is 5.20. The van der Waals surface area contributed by atoms with Crippen molar-refractivity contribution in [3.8, 4) is 17.2 Å². The minimum Gasteiger partial charge on any atom is -0.493 e. The lowest BCUT2D eigenvalue weighted by Crippen LogP contribution is -2.16. The first kappa shape index (κ1) is 19.0. The van der Waals surface area contributed by atoms with Crippen LogP contribution in [-0.2, 0) is 12.8 Å². The van der Waals surface area contributed by atoms with Crippen molar-refractivity contribution in [2.75, 3.05) is 19.5 Å². The molecule has 2 aromatic carbocycles. The fourth-order valence-corrected chi connectivity index (χ4v) is 3.71. The van der Waals surface area contributed by atoms with Crippen LogP contribution in [0.25, 0.3) is 5.69 Å². The monoisotopic (exact) mass is 395 g/mol. The van der Waals surface area contributed by atoms with Gasteiger partial charge < -0.3 is 14.8 Å². The second-order valence-corrected chi connectivity index (χ2v) is 6.99. The minimum atomic E-state index is -0.306. The Balaban J connectivity index is 1.68. The van der Waals surface area contributed by atoms with Crippen LogP contribution in [-0.4, -0.2) is 29.9 Å². The summed E-state index contributed by atoms with van der Waals surface area (Å²) in [5.74, 6) is 0.554. The predicted molar refractivity (Wildman–Crippen MR) is 108 cm³/mol. The number of halogens is 1. The molecule has 1 aromatic heterocycles. The summed E-state index contributed by atoms with van der Waals surface area (Å²) in [7, 11) is 3.12. The quantitative estimate of drug-likeness (QED) is 0.707. The van der Waals surface area contributed by atoms with Crippen LogP contribution in [0.4, 0.5) is 10.1 Å². The van der Waals surface area contributed by atoms with Crippen molar-refractivity contribution in [3.63, 3.8) is 0 Å². The molecule has 0 bridgehead atoms. The van der Waals surface area contributed by atoms with Gasteiger partial charge in [-0.25, -0.2) is 9.07 Å². The maximum absolute atomic E-state index is 13.3. The van der Waals surface area contributed by atoms with Gasteiger partial charge in [0.1, 0.15) is 5.82 Å². The molecule has 1 amide bonds. The topological polar surface area (TPSA) is 65.4 Å². The number of carbonyl (C=O) groups is 1. The van der Waals surface area contributed by atoms with E-state index in [4.69, 9.17) is 9.47 Å².